The topological polar surface area (TPSA) is 50.9 Å². The predicted molar refractivity (Wildman–Crippen MR) is 87.5 cm³/mol. The summed E-state index contributed by atoms with van der Waals surface area (Å²) in [5, 5.41) is 1.23. The van der Waals surface area contributed by atoms with Crippen LogP contribution < -0.4 is 11.3 Å². The van der Waals surface area contributed by atoms with Crippen LogP contribution in [0, 0.1) is 11.8 Å². The second-order valence-corrected chi connectivity index (χ2v) is 6.18. The third kappa shape index (κ3) is 2.81. The Morgan fingerprint density at radius 1 is 1.24 bits per heavy atom. The van der Waals surface area contributed by atoms with E-state index in [9.17, 15) is 0 Å². The minimum absolute atomic E-state index is 0.225. The lowest BCUT2D eigenvalue weighted by Gasteiger charge is -2.37. The monoisotopic (exact) mass is 283 g/mol. The molecule has 0 saturated heterocycles. The molecule has 3 rings (SSSR count). The number of fused-ring (bicyclic) bond motifs is 1. The van der Waals surface area contributed by atoms with Crippen molar-refractivity contribution in [1.82, 2.24) is 10.4 Å². The summed E-state index contributed by atoms with van der Waals surface area (Å²) >= 11 is 0. The highest BCUT2D eigenvalue weighted by Gasteiger charge is 2.31. The van der Waals surface area contributed by atoms with Crippen LogP contribution in [-0.4, -0.2) is 4.98 Å². The minimum Gasteiger partial charge on any atom is -0.271 e. The number of hydrogen-bond donors (Lipinski definition) is 2. The van der Waals surface area contributed by atoms with Gasteiger partial charge in [0, 0.05) is 17.6 Å². The molecule has 1 aromatic carbocycles. The zero-order valence-corrected chi connectivity index (χ0v) is 12.8. The van der Waals surface area contributed by atoms with Crippen molar-refractivity contribution in [1.29, 1.82) is 0 Å². The highest BCUT2D eigenvalue weighted by molar-refractivity contribution is 5.82. The minimum atomic E-state index is 0.225. The molecule has 21 heavy (non-hydrogen) atoms. The average molecular weight is 283 g/mol. The lowest BCUT2D eigenvalue weighted by atomic mass is 9.72. The lowest BCUT2D eigenvalue weighted by Crippen LogP contribution is -2.38. The summed E-state index contributed by atoms with van der Waals surface area (Å²) in [6, 6.07) is 10.7. The quantitative estimate of drug-likeness (QED) is 0.659. The Hall–Kier alpha value is -1.45. The van der Waals surface area contributed by atoms with Gasteiger partial charge >= 0.3 is 0 Å². The number of benzene rings is 1. The summed E-state index contributed by atoms with van der Waals surface area (Å²) in [6.45, 7) is 2.31. The van der Waals surface area contributed by atoms with E-state index in [1.54, 1.807) is 0 Å². The number of hydrogen-bond acceptors (Lipinski definition) is 3. The molecular formula is C18H25N3. The molecule has 3 unspecified atom stereocenters. The first kappa shape index (κ1) is 14.5. The van der Waals surface area contributed by atoms with E-state index in [0.29, 0.717) is 5.92 Å². The molecule has 0 amide bonds. The Kier molecular flexibility index (Phi) is 4.51. The maximum Gasteiger partial charge on any atom is 0.0705 e. The first-order chi connectivity index (χ1) is 10.3. The largest absolute Gasteiger partial charge is 0.271 e. The van der Waals surface area contributed by atoms with Crippen LogP contribution in [-0.2, 0) is 0 Å². The van der Waals surface area contributed by atoms with E-state index in [2.05, 4.69) is 41.6 Å². The Morgan fingerprint density at radius 3 is 2.86 bits per heavy atom. The fourth-order valence-corrected chi connectivity index (χ4v) is 4.02. The molecule has 1 saturated carbocycles. The van der Waals surface area contributed by atoms with E-state index in [1.165, 1.54) is 43.1 Å². The number of nitrogens with one attached hydrogen (secondary N) is 1. The molecule has 0 spiro atoms. The van der Waals surface area contributed by atoms with Crippen LogP contribution >= 0.6 is 0 Å². The first-order valence-corrected chi connectivity index (χ1v) is 8.15. The molecule has 1 heterocycles. The molecule has 0 aliphatic heterocycles. The number of aromatic nitrogens is 1. The number of nitrogens with two attached hydrogens (primary N) is 1. The number of hydrazine groups is 1. The lowest BCUT2D eigenvalue weighted by molar-refractivity contribution is 0.176. The van der Waals surface area contributed by atoms with Gasteiger partial charge in [0.25, 0.3) is 0 Å². The zero-order chi connectivity index (χ0) is 14.7. The Balaban J connectivity index is 2.01. The van der Waals surface area contributed by atoms with Gasteiger partial charge in [-0.15, -0.1) is 0 Å². The van der Waals surface area contributed by atoms with Gasteiger partial charge in [-0.05, 0) is 36.0 Å². The van der Waals surface area contributed by atoms with Crippen LogP contribution in [0.4, 0.5) is 0 Å². The Morgan fingerprint density at radius 2 is 2.05 bits per heavy atom. The van der Waals surface area contributed by atoms with Crippen molar-refractivity contribution in [3.05, 3.63) is 42.1 Å². The second kappa shape index (κ2) is 6.54. The number of pyridine rings is 1. The van der Waals surface area contributed by atoms with E-state index in [-0.39, 0.29) is 6.04 Å². The Bertz CT molecular complexity index is 591. The summed E-state index contributed by atoms with van der Waals surface area (Å²) in [6.07, 6.45) is 8.44. The maximum atomic E-state index is 5.97. The molecule has 2 aromatic rings. The normalized spacial score (nSPS) is 24.1. The zero-order valence-electron chi connectivity index (χ0n) is 12.8. The van der Waals surface area contributed by atoms with Gasteiger partial charge in [-0.3, -0.25) is 16.3 Å². The van der Waals surface area contributed by atoms with E-state index in [1.807, 2.05) is 12.3 Å². The van der Waals surface area contributed by atoms with Crippen molar-refractivity contribution < 1.29 is 0 Å². The van der Waals surface area contributed by atoms with Crippen molar-refractivity contribution in [3.63, 3.8) is 0 Å². The second-order valence-electron chi connectivity index (χ2n) is 6.18. The molecule has 1 fully saturated rings. The molecule has 0 bridgehead atoms. The number of rotatable bonds is 4. The molecule has 3 heteroatoms. The Labute approximate surface area is 126 Å². The summed E-state index contributed by atoms with van der Waals surface area (Å²) in [4.78, 5) is 4.47. The van der Waals surface area contributed by atoms with Crippen LogP contribution in [0.5, 0.6) is 0 Å². The molecule has 3 nitrogen and oxygen atoms in total. The van der Waals surface area contributed by atoms with E-state index >= 15 is 0 Å². The van der Waals surface area contributed by atoms with Crippen molar-refractivity contribution >= 4 is 10.9 Å². The van der Waals surface area contributed by atoms with Crippen molar-refractivity contribution in [2.75, 3.05) is 0 Å². The smallest absolute Gasteiger partial charge is 0.0705 e. The van der Waals surface area contributed by atoms with Gasteiger partial charge in [0.05, 0.1) is 5.52 Å². The van der Waals surface area contributed by atoms with E-state index in [4.69, 9.17) is 5.84 Å². The third-order valence-electron chi connectivity index (χ3n) is 5.12. The van der Waals surface area contributed by atoms with Crippen LogP contribution in [0.15, 0.2) is 36.5 Å². The molecular weight excluding hydrogens is 258 g/mol. The summed E-state index contributed by atoms with van der Waals surface area (Å²) in [7, 11) is 0. The van der Waals surface area contributed by atoms with Gasteiger partial charge in [0.1, 0.15) is 0 Å². The molecule has 1 aliphatic carbocycles. The fraction of sp³-hybridized carbons (Fsp3) is 0.500. The van der Waals surface area contributed by atoms with Crippen molar-refractivity contribution in [2.24, 2.45) is 17.7 Å². The summed E-state index contributed by atoms with van der Waals surface area (Å²) < 4.78 is 0. The van der Waals surface area contributed by atoms with Gasteiger partial charge < -0.3 is 0 Å². The van der Waals surface area contributed by atoms with Gasteiger partial charge in [-0.1, -0.05) is 50.8 Å². The van der Waals surface area contributed by atoms with Crippen LogP contribution in [0.1, 0.15) is 50.6 Å². The molecule has 1 aromatic heterocycles. The average Bonchev–Trinajstić information content (AvgIpc) is 2.56. The van der Waals surface area contributed by atoms with Gasteiger partial charge in [0.15, 0.2) is 0 Å². The predicted octanol–water partition coefficient (Wildman–Crippen LogP) is 3.96. The molecule has 0 radical (unpaired) electrons. The fourth-order valence-electron chi connectivity index (χ4n) is 4.02. The number of para-hydroxylation sites is 1. The SMILES string of the molecule is CCC1CCCCC1C(NN)c1ccnc2ccccc12. The molecule has 1 aliphatic rings. The molecule has 112 valence electrons. The van der Waals surface area contributed by atoms with Crippen LogP contribution in [0.25, 0.3) is 10.9 Å². The van der Waals surface area contributed by atoms with Crippen LogP contribution in [0.2, 0.25) is 0 Å². The highest BCUT2D eigenvalue weighted by Crippen LogP contribution is 2.41. The van der Waals surface area contributed by atoms with Gasteiger partial charge in [-0.2, -0.15) is 0 Å². The summed E-state index contributed by atoms with van der Waals surface area (Å²) in [5.41, 5.74) is 5.47. The highest BCUT2D eigenvalue weighted by atomic mass is 15.2. The van der Waals surface area contributed by atoms with E-state index < -0.39 is 0 Å². The third-order valence-corrected chi connectivity index (χ3v) is 5.12. The molecule has 3 atom stereocenters. The van der Waals surface area contributed by atoms with Crippen molar-refractivity contribution in [3.8, 4) is 0 Å². The number of nitrogens with zero attached hydrogens (tertiary/aromatic N) is 1. The summed E-state index contributed by atoms with van der Waals surface area (Å²) in [5.74, 6) is 7.37. The van der Waals surface area contributed by atoms with Gasteiger partial charge in [0.2, 0.25) is 0 Å². The first-order valence-electron chi connectivity index (χ1n) is 8.15. The standard InChI is InChI=1S/C18H25N3/c1-2-13-7-3-4-8-14(13)18(21-19)16-11-12-20-17-10-6-5-9-15(16)17/h5-6,9-14,18,21H,2-4,7-8,19H2,1H3. The van der Waals surface area contributed by atoms with Gasteiger partial charge in [-0.25, -0.2) is 0 Å². The van der Waals surface area contributed by atoms with Crippen LogP contribution in [0.3, 0.4) is 0 Å². The van der Waals surface area contributed by atoms with E-state index in [0.717, 1.165) is 11.4 Å². The molecule has 3 N–H and O–H groups in total. The van der Waals surface area contributed by atoms with Crippen molar-refractivity contribution in [2.45, 2.75) is 45.1 Å². The maximum absolute atomic E-state index is 5.97.